The van der Waals surface area contributed by atoms with E-state index in [1.807, 2.05) is 0 Å². The number of aliphatic hydroxyl groups is 1. The average Bonchev–Trinajstić information content (AvgIpc) is 2.32. The lowest BCUT2D eigenvalue weighted by Gasteiger charge is -2.24. The third-order valence-electron chi connectivity index (χ3n) is 3.36. The molecule has 3 heteroatoms. The van der Waals surface area contributed by atoms with Crippen LogP contribution in [-0.4, -0.2) is 17.8 Å². The van der Waals surface area contributed by atoms with Crippen LogP contribution in [0, 0.1) is 11.7 Å². The minimum absolute atomic E-state index is 0.107. The van der Waals surface area contributed by atoms with Gasteiger partial charge in [0.1, 0.15) is 5.82 Å². The molecule has 0 bridgehead atoms. The normalized spacial score (nSPS) is 16.5. The SMILES string of the molecule is CCC(C)CC(O)C(CN)c1ccc(F)cc1. The number of aliphatic hydroxyl groups excluding tert-OH is 1. The molecule has 3 atom stereocenters. The fourth-order valence-electron chi connectivity index (χ4n) is 1.97. The van der Waals surface area contributed by atoms with Crippen molar-refractivity contribution in [3.63, 3.8) is 0 Å². The standard InChI is InChI=1S/C14H22FNO/c1-3-10(2)8-14(17)13(9-16)11-4-6-12(15)7-5-11/h4-7,10,13-14,17H,3,8-9,16H2,1-2H3. The summed E-state index contributed by atoms with van der Waals surface area (Å²) in [6.07, 6.45) is 1.31. The van der Waals surface area contributed by atoms with Crippen molar-refractivity contribution in [3.05, 3.63) is 35.6 Å². The Labute approximate surface area is 103 Å². The third-order valence-corrected chi connectivity index (χ3v) is 3.36. The summed E-state index contributed by atoms with van der Waals surface area (Å²) in [6.45, 7) is 4.59. The molecule has 2 nitrogen and oxygen atoms in total. The molecule has 0 fully saturated rings. The molecular formula is C14H22FNO. The van der Waals surface area contributed by atoms with E-state index in [9.17, 15) is 9.50 Å². The second-order valence-corrected chi connectivity index (χ2v) is 4.71. The molecule has 96 valence electrons. The first-order valence-corrected chi connectivity index (χ1v) is 6.22. The average molecular weight is 239 g/mol. The van der Waals surface area contributed by atoms with Gasteiger partial charge < -0.3 is 10.8 Å². The Bertz CT molecular complexity index is 325. The smallest absolute Gasteiger partial charge is 0.123 e. The lowest BCUT2D eigenvalue weighted by atomic mass is 9.87. The van der Waals surface area contributed by atoms with Crippen LogP contribution in [0.2, 0.25) is 0 Å². The van der Waals surface area contributed by atoms with Crippen LogP contribution in [0.3, 0.4) is 0 Å². The predicted molar refractivity (Wildman–Crippen MR) is 68.3 cm³/mol. The van der Waals surface area contributed by atoms with Gasteiger partial charge in [-0.1, -0.05) is 32.4 Å². The maximum Gasteiger partial charge on any atom is 0.123 e. The Balaban J connectivity index is 2.73. The minimum Gasteiger partial charge on any atom is -0.392 e. The lowest BCUT2D eigenvalue weighted by Crippen LogP contribution is -2.27. The Morgan fingerprint density at radius 2 is 1.88 bits per heavy atom. The fraction of sp³-hybridized carbons (Fsp3) is 0.571. The number of hydrogen-bond acceptors (Lipinski definition) is 2. The van der Waals surface area contributed by atoms with Crippen molar-refractivity contribution in [3.8, 4) is 0 Å². The molecule has 0 aromatic heterocycles. The van der Waals surface area contributed by atoms with E-state index in [1.165, 1.54) is 12.1 Å². The molecule has 0 amide bonds. The molecule has 0 saturated heterocycles. The summed E-state index contributed by atoms with van der Waals surface area (Å²) in [4.78, 5) is 0. The van der Waals surface area contributed by atoms with Gasteiger partial charge >= 0.3 is 0 Å². The third kappa shape index (κ3) is 4.10. The van der Waals surface area contributed by atoms with Gasteiger partial charge in [0.2, 0.25) is 0 Å². The second-order valence-electron chi connectivity index (χ2n) is 4.71. The molecule has 0 spiro atoms. The van der Waals surface area contributed by atoms with Gasteiger partial charge in [-0.3, -0.25) is 0 Å². The van der Waals surface area contributed by atoms with E-state index in [0.717, 1.165) is 18.4 Å². The van der Waals surface area contributed by atoms with Crippen LogP contribution in [0.4, 0.5) is 4.39 Å². The van der Waals surface area contributed by atoms with Gasteiger partial charge in [0, 0.05) is 12.5 Å². The zero-order chi connectivity index (χ0) is 12.8. The van der Waals surface area contributed by atoms with Gasteiger partial charge in [0.25, 0.3) is 0 Å². The summed E-state index contributed by atoms with van der Waals surface area (Å²) >= 11 is 0. The van der Waals surface area contributed by atoms with E-state index in [-0.39, 0.29) is 11.7 Å². The van der Waals surface area contributed by atoms with Crippen molar-refractivity contribution >= 4 is 0 Å². The Morgan fingerprint density at radius 3 is 2.35 bits per heavy atom. The molecule has 0 saturated carbocycles. The van der Waals surface area contributed by atoms with Crippen molar-refractivity contribution < 1.29 is 9.50 Å². The first-order chi connectivity index (χ1) is 8.08. The number of hydrogen-bond donors (Lipinski definition) is 2. The first kappa shape index (κ1) is 14.1. The molecule has 0 heterocycles. The molecule has 3 N–H and O–H groups in total. The van der Waals surface area contributed by atoms with Gasteiger partial charge in [0.05, 0.1) is 6.10 Å². The van der Waals surface area contributed by atoms with Crippen molar-refractivity contribution in [1.29, 1.82) is 0 Å². The van der Waals surface area contributed by atoms with Gasteiger partial charge in [-0.05, 0) is 30.0 Å². The summed E-state index contributed by atoms with van der Waals surface area (Å²) in [5.74, 6) is 0.102. The maximum absolute atomic E-state index is 12.8. The molecule has 1 rings (SSSR count). The van der Waals surface area contributed by atoms with E-state index in [0.29, 0.717) is 12.5 Å². The Hall–Kier alpha value is -0.930. The number of halogens is 1. The highest BCUT2D eigenvalue weighted by Gasteiger charge is 2.21. The molecule has 0 aliphatic carbocycles. The van der Waals surface area contributed by atoms with Crippen LogP contribution >= 0.6 is 0 Å². The largest absolute Gasteiger partial charge is 0.392 e. The van der Waals surface area contributed by atoms with Crippen molar-refractivity contribution in [2.45, 2.75) is 38.7 Å². The summed E-state index contributed by atoms with van der Waals surface area (Å²) in [7, 11) is 0. The minimum atomic E-state index is -0.458. The molecule has 0 aliphatic heterocycles. The Kier molecular flexibility index (Phi) is 5.59. The number of nitrogens with two attached hydrogens (primary N) is 1. The van der Waals surface area contributed by atoms with Crippen LogP contribution < -0.4 is 5.73 Å². The van der Waals surface area contributed by atoms with Crippen molar-refractivity contribution in [2.75, 3.05) is 6.54 Å². The van der Waals surface area contributed by atoms with Gasteiger partial charge in [0.15, 0.2) is 0 Å². The fourth-order valence-corrected chi connectivity index (χ4v) is 1.97. The molecule has 3 unspecified atom stereocenters. The van der Waals surface area contributed by atoms with Gasteiger partial charge in [-0.15, -0.1) is 0 Å². The molecule has 1 aromatic rings. The quantitative estimate of drug-likeness (QED) is 0.801. The highest BCUT2D eigenvalue weighted by Crippen LogP contribution is 2.24. The molecule has 0 aliphatic rings. The van der Waals surface area contributed by atoms with Crippen LogP contribution in [0.5, 0.6) is 0 Å². The zero-order valence-electron chi connectivity index (χ0n) is 10.6. The Morgan fingerprint density at radius 1 is 1.29 bits per heavy atom. The summed E-state index contributed by atoms with van der Waals surface area (Å²) in [5.41, 5.74) is 6.61. The highest BCUT2D eigenvalue weighted by atomic mass is 19.1. The second kappa shape index (κ2) is 6.72. The van der Waals surface area contributed by atoms with Gasteiger partial charge in [-0.25, -0.2) is 4.39 Å². The summed E-state index contributed by atoms with van der Waals surface area (Å²) in [5, 5.41) is 10.2. The molecule has 0 radical (unpaired) electrons. The number of rotatable bonds is 6. The van der Waals surface area contributed by atoms with Crippen LogP contribution in [0.25, 0.3) is 0 Å². The molecule has 17 heavy (non-hydrogen) atoms. The monoisotopic (exact) mass is 239 g/mol. The van der Waals surface area contributed by atoms with Crippen LogP contribution in [-0.2, 0) is 0 Å². The van der Waals surface area contributed by atoms with Gasteiger partial charge in [-0.2, -0.15) is 0 Å². The predicted octanol–water partition coefficient (Wildman–Crippen LogP) is 2.67. The van der Waals surface area contributed by atoms with Crippen molar-refractivity contribution in [1.82, 2.24) is 0 Å². The van der Waals surface area contributed by atoms with E-state index in [1.54, 1.807) is 12.1 Å². The van der Waals surface area contributed by atoms with Crippen LogP contribution in [0.1, 0.15) is 38.2 Å². The van der Waals surface area contributed by atoms with E-state index in [2.05, 4.69) is 13.8 Å². The molecular weight excluding hydrogens is 217 g/mol. The van der Waals surface area contributed by atoms with Crippen LogP contribution in [0.15, 0.2) is 24.3 Å². The first-order valence-electron chi connectivity index (χ1n) is 6.22. The number of benzene rings is 1. The zero-order valence-corrected chi connectivity index (χ0v) is 10.6. The summed E-state index contributed by atoms with van der Waals surface area (Å²) < 4.78 is 12.8. The molecule has 1 aromatic carbocycles. The van der Waals surface area contributed by atoms with E-state index >= 15 is 0 Å². The summed E-state index contributed by atoms with van der Waals surface area (Å²) in [6, 6.07) is 6.22. The topological polar surface area (TPSA) is 46.2 Å². The lowest BCUT2D eigenvalue weighted by molar-refractivity contribution is 0.118. The van der Waals surface area contributed by atoms with E-state index < -0.39 is 6.10 Å². The van der Waals surface area contributed by atoms with Crippen molar-refractivity contribution in [2.24, 2.45) is 11.7 Å². The highest BCUT2D eigenvalue weighted by molar-refractivity contribution is 5.22. The van der Waals surface area contributed by atoms with E-state index in [4.69, 9.17) is 5.73 Å². The maximum atomic E-state index is 12.8.